The summed E-state index contributed by atoms with van der Waals surface area (Å²) in [5.41, 5.74) is 2.75. The van der Waals surface area contributed by atoms with Crippen molar-refractivity contribution in [3.05, 3.63) is 45.7 Å². The van der Waals surface area contributed by atoms with Gasteiger partial charge in [-0.25, -0.2) is 13.1 Å². The van der Waals surface area contributed by atoms with Crippen LogP contribution in [0.2, 0.25) is 0 Å². The van der Waals surface area contributed by atoms with Crippen LogP contribution >= 0.6 is 15.9 Å². The number of nitrogens with one attached hydrogen (secondary N) is 1. The number of halogens is 1. The molecule has 27 heavy (non-hydrogen) atoms. The third kappa shape index (κ3) is 4.59. The molecule has 7 nitrogen and oxygen atoms in total. The molecule has 3 rings (SSSR count). The van der Waals surface area contributed by atoms with Crippen molar-refractivity contribution in [3.8, 4) is 0 Å². The fourth-order valence-electron chi connectivity index (χ4n) is 3.25. The second-order valence-corrected chi connectivity index (χ2v) is 9.16. The smallest absolute Gasteiger partial charge is 0.302 e. The van der Waals surface area contributed by atoms with Crippen LogP contribution in [0.1, 0.15) is 42.6 Å². The molecule has 2 aromatic rings. The van der Waals surface area contributed by atoms with Gasteiger partial charge in [-0.05, 0) is 49.9 Å². The second-order valence-electron chi connectivity index (χ2n) is 6.59. The largest absolute Gasteiger partial charge is 0.464 e. The summed E-state index contributed by atoms with van der Waals surface area (Å²) >= 11 is 3.39. The van der Waals surface area contributed by atoms with Crippen molar-refractivity contribution in [3.63, 3.8) is 0 Å². The lowest BCUT2D eigenvalue weighted by Gasteiger charge is -2.24. The number of nitrogens with zero attached hydrogens (tertiary/aromatic N) is 2. The van der Waals surface area contributed by atoms with Crippen LogP contribution in [-0.4, -0.2) is 30.8 Å². The molecule has 1 aliphatic carbocycles. The molecular weight excluding hydrogens is 434 g/mol. The zero-order valence-corrected chi connectivity index (χ0v) is 17.6. The molecule has 1 N–H and O–H groups in total. The maximum absolute atomic E-state index is 12.8. The number of aromatic nitrogens is 2. The Kier molecular flexibility index (Phi) is 6.02. The van der Waals surface area contributed by atoms with Gasteiger partial charge in [-0.1, -0.05) is 15.9 Å². The van der Waals surface area contributed by atoms with E-state index in [9.17, 15) is 13.2 Å². The van der Waals surface area contributed by atoms with E-state index in [4.69, 9.17) is 4.74 Å². The summed E-state index contributed by atoms with van der Waals surface area (Å²) in [5, 5.41) is 4.36. The van der Waals surface area contributed by atoms with Crippen molar-refractivity contribution >= 4 is 31.9 Å². The quantitative estimate of drug-likeness (QED) is 0.676. The van der Waals surface area contributed by atoms with Gasteiger partial charge in [-0.15, -0.1) is 0 Å². The first-order valence-electron chi connectivity index (χ1n) is 8.74. The van der Waals surface area contributed by atoms with E-state index >= 15 is 0 Å². The van der Waals surface area contributed by atoms with E-state index < -0.39 is 10.0 Å². The SMILES string of the molecule is CC(=O)OCCn1ncc2c1CCCC2NS(=O)(=O)c1ccc(Br)c(C)c1. The highest BCUT2D eigenvalue weighted by molar-refractivity contribution is 9.10. The minimum absolute atomic E-state index is 0.248. The Bertz CT molecular complexity index is 956. The number of hydrogen-bond donors (Lipinski definition) is 1. The molecule has 1 atom stereocenters. The van der Waals surface area contributed by atoms with Crippen LogP contribution in [0.25, 0.3) is 0 Å². The lowest BCUT2D eigenvalue weighted by molar-refractivity contribution is -0.141. The Morgan fingerprint density at radius 2 is 2.22 bits per heavy atom. The van der Waals surface area contributed by atoms with Gasteiger partial charge in [0.05, 0.1) is 23.7 Å². The van der Waals surface area contributed by atoms with Gasteiger partial charge in [0.2, 0.25) is 10.0 Å². The Morgan fingerprint density at radius 1 is 1.44 bits per heavy atom. The second kappa shape index (κ2) is 8.12. The number of carbonyl (C=O) groups excluding carboxylic acids is 1. The number of carbonyl (C=O) groups is 1. The van der Waals surface area contributed by atoms with E-state index in [0.717, 1.165) is 40.6 Å². The predicted molar refractivity (Wildman–Crippen MR) is 104 cm³/mol. The lowest BCUT2D eigenvalue weighted by Crippen LogP contribution is -2.31. The van der Waals surface area contributed by atoms with E-state index in [1.807, 2.05) is 6.92 Å². The van der Waals surface area contributed by atoms with Crippen LogP contribution in [0.15, 0.2) is 33.8 Å². The molecule has 0 radical (unpaired) electrons. The summed E-state index contributed by atoms with van der Waals surface area (Å²) in [6, 6.07) is 4.67. The minimum atomic E-state index is -3.64. The van der Waals surface area contributed by atoms with Crippen LogP contribution in [0.4, 0.5) is 0 Å². The molecule has 1 aromatic heterocycles. The third-order valence-corrected chi connectivity index (χ3v) is 6.97. The van der Waals surface area contributed by atoms with Gasteiger partial charge in [0.15, 0.2) is 0 Å². The average Bonchev–Trinajstić information content (AvgIpc) is 3.01. The van der Waals surface area contributed by atoms with Crippen LogP contribution in [0.5, 0.6) is 0 Å². The molecule has 0 saturated carbocycles. The van der Waals surface area contributed by atoms with Crippen LogP contribution in [-0.2, 0) is 32.5 Å². The van der Waals surface area contributed by atoms with Crippen LogP contribution < -0.4 is 4.72 Å². The fraction of sp³-hybridized carbons (Fsp3) is 0.444. The first-order valence-corrected chi connectivity index (χ1v) is 11.0. The molecule has 1 aliphatic rings. The van der Waals surface area contributed by atoms with Crippen molar-refractivity contribution in [2.75, 3.05) is 6.61 Å². The first-order chi connectivity index (χ1) is 12.8. The van der Waals surface area contributed by atoms with E-state index in [-0.39, 0.29) is 23.5 Å². The molecule has 0 spiro atoms. The zero-order valence-electron chi connectivity index (χ0n) is 15.2. The van der Waals surface area contributed by atoms with E-state index in [2.05, 4.69) is 25.8 Å². The van der Waals surface area contributed by atoms with Gasteiger partial charge in [-0.3, -0.25) is 9.48 Å². The summed E-state index contributed by atoms with van der Waals surface area (Å²) in [6.45, 7) is 3.93. The number of benzene rings is 1. The maximum Gasteiger partial charge on any atom is 0.302 e. The molecule has 0 amide bonds. The highest BCUT2D eigenvalue weighted by atomic mass is 79.9. The summed E-state index contributed by atoms with van der Waals surface area (Å²) in [6.07, 6.45) is 4.11. The van der Waals surface area contributed by atoms with Gasteiger partial charge in [0, 0.05) is 22.7 Å². The van der Waals surface area contributed by atoms with Gasteiger partial charge in [0.1, 0.15) is 6.61 Å². The number of hydrogen-bond acceptors (Lipinski definition) is 5. The third-order valence-electron chi connectivity index (χ3n) is 4.61. The van der Waals surface area contributed by atoms with Crippen molar-refractivity contribution in [2.45, 2.75) is 50.6 Å². The van der Waals surface area contributed by atoms with Crippen molar-refractivity contribution in [2.24, 2.45) is 0 Å². The number of rotatable bonds is 6. The number of aryl methyl sites for hydroxylation is 1. The molecule has 0 fully saturated rings. The lowest BCUT2D eigenvalue weighted by atomic mass is 9.94. The van der Waals surface area contributed by atoms with Crippen LogP contribution in [0.3, 0.4) is 0 Å². The Labute approximate surface area is 167 Å². The van der Waals surface area contributed by atoms with E-state index in [0.29, 0.717) is 6.54 Å². The number of fused-ring (bicyclic) bond motifs is 1. The molecule has 1 aromatic carbocycles. The van der Waals surface area contributed by atoms with Gasteiger partial charge in [0.25, 0.3) is 0 Å². The average molecular weight is 456 g/mol. The Hall–Kier alpha value is -1.71. The predicted octanol–water partition coefficient (Wildman–Crippen LogP) is 2.87. The first kappa shape index (κ1) is 20.0. The summed E-state index contributed by atoms with van der Waals surface area (Å²) < 4.78 is 36.1. The maximum atomic E-state index is 12.8. The highest BCUT2D eigenvalue weighted by Gasteiger charge is 2.28. The molecular formula is C18H22BrN3O4S. The summed E-state index contributed by atoms with van der Waals surface area (Å²) in [4.78, 5) is 11.2. The number of ether oxygens (including phenoxy) is 1. The monoisotopic (exact) mass is 455 g/mol. The minimum Gasteiger partial charge on any atom is -0.464 e. The normalized spacial score (nSPS) is 16.8. The number of esters is 1. The highest BCUT2D eigenvalue weighted by Crippen LogP contribution is 2.31. The van der Waals surface area contributed by atoms with Crippen molar-refractivity contribution in [1.29, 1.82) is 0 Å². The Balaban J connectivity index is 1.78. The van der Waals surface area contributed by atoms with Gasteiger partial charge < -0.3 is 4.74 Å². The molecule has 146 valence electrons. The summed E-state index contributed by atoms with van der Waals surface area (Å²) in [7, 11) is -3.64. The molecule has 9 heteroatoms. The van der Waals surface area contributed by atoms with Crippen molar-refractivity contribution < 1.29 is 17.9 Å². The Morgan fingerprint density at radius 3 is 2.93 bits per heavy atom. The molecule has 0 aliphatic heterocycles. The topological polar surface area (TPSA) is 90.3 Å². The molecule has 0 bridgehead atoms. The fourth-order valence-corrected chi connectivity index (χ4v) is 4.83. The van der Waals surface area contributed by atoms with Gasteiger partial charge in [-0.2, -0.15) is 5.10 Å². The number of sulfonamides is 1. The zero-order chi connectivity index (χ0) is 19.6. The van der Waals surface area contributed by atoms with Gasteiger partial charge >= 0.3 is 5.97 Å². The van der Waals surface area contributed by atoms with Crippen LogP contribution in [0, 0.1) is 6.92 Å². The van der Waals surface area contributed by atoms with E-state index in [1.54, 1.807) is 29.1 Å². The standard InChI is InChI=1S/C18H22BrN3O4S/c1-12-10-14(6-7-16(12)19)27(24,25)21-17-4-3-5-18-15(17)11-20-22(18)8-9-26-13(2)23/h6-7,10-11,17,21H,3-5,8-9H2,1-2H3. The molecule has 1 heterocycles. The molecule has 0 saturated heterocycles. The van der Waals surface area contributed by atoms with Crippen molar-refractivity contribution in [1.82, 2.24) is 14.5 Å². The summed E-state index contributed by atoms with van der Waals surface area (Å²) in [5.74, 6) is -0.327. The van der Waals surface area contributed by atoms with E-state index in [1.165, 1.54) is 6.92 Å². The molecule has 1 unspecified atom stereocenters.